The van der Waals surface area contributed by atoms with E-state index in [1.54, 1.807) is 0 Å². The second-order valence-electron chi connectivity index (χ2n) is 10.2. The topological polar surface area (TPSA) is 115 Å². The number of carboxylic acids is 3. The third-order valence-electron chi connectivity index (χ3n) is 7.34. The van der Waals surface area contributed by atoms with Gasteiger partial charge in [0.05, 0.1) is 12.5 Å². The molecule has 0 saturated heterocycles. The molecule has 0 saturated carbocycles. The lowest BCUT2D eigenvalue weighted by Crippen LogP contribution is -2.74. The maximum Gasteiger partial charge on any atom is 0.362 e. The Bertz CT molecular complexity index is 588. The summed E-state index contributed by atoms with van der Waals surface area (Å²) in [7, 11) is 0. The zero-order chi connectivity index (χ0) is 27.4. The minimum absolute atomic E-state index is 0.153. The van der Waals surface area contributed by atoms with Crippen LogP contribution in [0.2, 0.25) is 0 Å². The Kier molecular flexibility index (Phi) is 19.1. The van der Waals surface area contributed by atoms with Crippen molar-refractivity contribution in [2.24, 2.45) is 0 Å². The lowest BCUT2D eigenvalue weighted by molar-refractivity contribution is -0.974. The molecule has 0 bridgehead atoms. The molecule has 7 heteroatoms. The van der Waals surface area contributed by atoms with E-state index in [1.165, 1.54) is 44.9 Å². The number of hydrogen-bond acceptors (Lipinski definition) is 4. The molecule has 0 spiro atoms. The average molecular weight is 512 g/mol. The Labute approximate surface area is 219 Å². The van der Waals surface area contributed by atoms with Crippen LogP contribution in [-0.4, -0.2) is 57.3 Å². The molecular formula is C29H53NO6. The Morgan fingerprint density at radius 1 is 0.639 bits per heavy atom. The predicted molar refractivity (Wildman–Crippen MR) is 142 cm³/mol. The number of hydrogen-bond donors (Lipinski definition) is 2. The van der Waals surface area contributed by atoms with Crippen molar-refractivity contribution in [2.45, 2.75) is 149 Å². The van der Waals surface area contributed by atoms with Crippen LogP contribution < -0.4 is 5.11 Å². The van der Waals surface area contributed by atoms with Crippen LogP contribution in [0.1, 0.15) is 130 Å². The number of rotatable bonds is 24. The lowest BCUT2D eigenvalue weighted by Gasteiger charge is -2.52. The van der Waals surface area contributed by atoms with Crippen molar-refractivity contribution in [2.75, 3.05) is 6.54 Å². The summed E-state index contributed by atoms with van der Waals surface area (Å²) in [4.78, 5) is 37.3. The van der Waals surface area contributed by atoms with E-state index in [0.29, 0.717) is 25.7 Å². The van der Waals surface area contributed by atoms with E-state index < -0.39 is 40.5 Å². The maximum atomic E-state index is 12.5. The van der Waals surface area contributed by atoms with Crippen molar-refractivity contribution in [1.29, 1.82) is 0 Å². The molecule has 0 amide bonds. The van der Waals surface area contributed by atoms with Gasteiger partial charge in [0.2, 0.25) is 0 Å². The molecule has 7 nitrogen and oxygen atoms in total. The number of quaternary nitrogens is 1. The second kappa shape index (κ2) is 20.2. The van der Waals surface area contributed by atoms with Crippen LogP contribution >= 0.6 is 0 Å². The van der Waals surface area contributed by atoms with E-state index in [-0.39, 0.29) is 25.8 Å². The predicted octanol–water partition coefficient (Wildman–Crippen LogP) is 5.71. The molecule has 0 aliphatic carbocycles. The molecule has 0 rings (SSSR count). The molecule has 0 fully saturated rings. The molecule has 0 aliphatic rings. The SMILES string of the molecule is CCCCCCCCCC/C=C/CC[N+](C(CCC)C(=O)[O-])(C(CCC)C(=O)O)C(CCC)C(=O)O. The van der Waals surface area contributed by atoms with Crippen molar-refractivity contribution >= 4 is 17.9 Å². The first-order valence-electron chi connectivity index (χ1n) is 14.4. The van der Waals surface area contributed by atoms with Gasteiger partial charge in [0, 0.05) is 25.7 Å². The summed E-state index contributed by atoms with van der Waals surface area (Å²) >= 11 is 0. The fourth-order valence-corrected chi connectivity index (χ4v) is 5.56. The van der Waals surface area contributed by atoms with Crippen LogP contribution in [0.4, 0.5) is 0 Å². The molecule has 0 aromatic carbocycles. The van der Waals surface area contributed by atoms with Crippen molar-refractivity contribution in [1.82, 2.24) is 0 Å². The molecule has 3 unspecified atom stereocenters. The van der Waals surface area contributed by atoms with Crippen LogP contribution in [0.3, 0.4) is 0 Å². The zero-order valence-corrected chi connectivity index (χ0v) is 23.4. The molecule has 0 radical (unpaired) electrons. The molecule has 0 heterocycles. The number of carbonyl (C=O) groups is 3. The second-order valence-corrected chi connectivity index (χ2v) is 10.2. The standard InChI is InChI=1S/C29H53NO6/c1-5-9-10-11-12-13-14-15-16-17-18-19-23-30(24(20-6-2)27(31)32,25(21-7-3)28(33)34)26(22-8-4)29(35)36/h17-18,24-26H,5-16,19-23H2,1-4H3,(H2-,31,32,33,34,35,36)/b18-17+. The Morgan fingerprint density at radius 3 is 1.47 bits per heavy atom. The highest BCUT2D eigenvalue weighted by molar-refractivity contribution is 5.77. The van der Waals surface area contributed by atoms with Gasteiger partial charge in [-0.15, -0.1) is 0 Å². The quantitative estimate of drug-likeness (QED) is 0.0975. The number of unbranched alkanes of at least 4 members (excludes halogenated alkanes) is 8. The fourth-order valence-electron chi connectivity index (χ4n) is 5.56. The average Bonchev–Trinajstić information content (AvgIpc) is 2.83. The highest BCUT2D eigenvalue weighted by Crippen LogP contribution is 2.33. The van der Waals surface area contributed by atoms with Crippen molar-refractivity contribution in [3.05, 3.63) is 12.2 Å². The Morgan fingerprint density at radius 2 is 1.06 bits per heavy atom. The monoisotopic (exact) mass is 511 g/mol. The summed E-state index contributed by atoms with van der Waals surface area (Å²) in [6, 6.07) is -3.41. The van der Waals surface area contributed by atoms with Gasteiger partial charge in [-0.1, -0.05) is 91.2 Å². The van der Waals surface area contributed by atoms with Gasteiger partial charge in [0.1, 0.15) is 6.04 Å². The van der Waals surface area contributed by atoms with Crippen LogP contribution in [0.25, 0.3) is 0 Å². The van der Waals surface area contributed by atoms with Crippen LogP contribution in [0.15, 0.2) is 12.2 Å². The molecule has 210 valence electrons. The first-order valence-corrected chi connectivity index (χ1v) is 14.4. The molecule has 36 heavy (non-hydrogen) atoms. The van der Waals surface area contributed by atoms with Gasteiger partial charge in [-0.3, -0.25) is 4.48 Å². The van der Waals surface area contributed by atoms with Gasteiger partial charge in [-0.2, -0.15) is 0 Å². The first-order chi connectivity index (χ1) is 17.2. The summed E-state index contributed by atoms with van der Waals surface area (Å²) in [6.45, 7) is 7.89. The minimum atomic E-state index is -1.36. The Hall–Kier alpha value is -1.89. The maximum absolute atomic E-state index is 12.5. The first kappa shape index (κ1) is 34.1. The van der Waals surface area contributed by atoms with Gasteiger partial charge in [-0.05, 0) is 25.7 Å². The molecular weight excluding hydrogens is 458 g/mol. The highest BCUT2D eigenvalue weighted by atomic mass is 16.4. The van der Waals surface area contributed by atoms with E-state index in [2.05, 4.69) is 13.0 Å². The van der Waals surface area contributed by atoms with Gasteiger partial charge < -0.3 is 20.1 Å². The molecule has 0 aromatic heterocycles. The van der Waals surface area contributed by atoms with Gasteiger partial charge in [-0.25, -0.2) is 9.59 Å². The van der Waals surface area contributed by atoms with E-state index in [1.807, 2.05) is 26.8 Å². The largest absolute Gasteiger partial charge is 0.544 e. The third-order valence-corrected chi connectivity index (χ3v) is 7.34. The minimum Gasteiger partial charge on any atom is -0.544 e. The molecule has 3 atom stereocenters. The molecule has 2 N–H and O–H groups in total. The van der Waals surface area contributed by atoms with E-state index in [9.17, 15) is 29.7 Å². The normalized spacial score (nSPS) is 15.9. The number of carbonyl (C=O) groups excluding carboxylic acids is 1. The van der Waals surface area contributed by atoms with Gasteiger partial charge in [0.15, 0.2) is 12.1 Å². The van der Waals surface area contributed by atoms with Gasteiger partial charge in [0.25, 0.3) is 0 Å². The van der Waals surface area contributed by atoms with Crippen LogP contribution in [0, 0.1) is 0 Å². The lowest BCUT2D eigenvalue weighted by atomic mass is 9.91. The van der Waals surface area contributed by atoms with Crippen LogP contribution in [-0.2, 0) is 14.4 Å². The summed E-state index contributed by atoms with van der Waals surface area (Å²) in [5.74, 6) is -3.63. The molecule has 0 aromatic rings. The Balaban J connectivity index is 5.70. The fraction of sp³-hybridized carbons (Fsp3) is 0.828. The summed E-state index contributed by atoms with van der Waals surface area (Å²) in [5.41, 5.74) is 0. The summed E-state index contributed by atoms with van der Waals surface area (Å²) < 4.78 is -0.482. The number of aliphatic carboxylic acids is 3. The van der Waals surface area contributed by atoms with Crippen molar-refractivity contribution < 1.29 is 34.2 Å². The van der Waals surface area contributed by atoms with Crippen molar-refractivity contribution in [3.63, 3.8) is 0 Å². The summed E-state index contributed by atoms with van der Waals surface area (Å²) in [5, 5.41) is 32.8. The van der Waals surface area contributed by atoms with E-state index in [4.69, 9.17) is 0 Å². The third kappa shape index (κ3) is 11.4. The highest BCUT2D eigenvalue weighted by Gasteiger charge is 2.54. The number of nitrogens with zero attached hydrogens (tertiary/aromatic N) is 1. The number of allylic oxidation sites excluding steroid dienone is 1. The van der Waals surface area contributed by atoms with Crippen molar-refractivity contribution in [3.8, 4) is 0 Å². The van der Waals surface area contributed by atoms with Crippen LogP contribution in [0.5, 0.6) is 0 Å². The smallest absolute Gasteiger partial charge is 0.362 e. The van der Waals surface area contributed by atoms with Gasteiger partial charge >= 0.3 is 11.9 Å². The summed E-state index contributed by atoms with van der Waals surface area (Å²) in [6.07, 6.45) is 17.5. The van der Waals surface area contributed by atoms with E-state index >= 15 is 0 Å². The zero-order valence-electron chi connectivity index (χ0n) is 23.4. The van der Waals surface area contributed by atoms with E-state index in [0.717, 1.165) is 12.8 Å². The molecule has 0 aliphatic heterocycles. The number of carboxylic acid groups (broad SMARTS) is 3.